The molecule has 0 radical (unpaired) electrons. The third kappa shape index (κ3) is 7.10. The summed E-state index contributed by atoms with van der Waals surface area (Å²) in [5.74, 6) is -2.47. The summed E-state index contributed by atoms with van der Waals surface area (Å²) in [5, 5.41) is 20.0. The van der Waals surface area contributed by atoms with Crippen LogP contribution in [0.4, 0.5) is 0 Å². The largest absolute Gasteiger partial charge is 0.481 e. The van der Waals surface area contributed by atoms with Crippen molar-refractivity contribution in [2.24, 2.45) is 0 Å². The smallest absolute Gasteiger partial charge is 0.326 e. The zero-order valence-corrected chi connectivity index (χ0v) is 11.6. The van der Waals surface area contributed by atoms with E-state index in [1.54, 1.807) is 0 Å². The Bertz CT molecular complexity index is 486. The predicted octanol–water partition coefficient (Wildman–Crippen LogP) is 1.44. The number of carbonyl (C=O) groups excluding carboxylic acids is 1. The Morgan fingerprint density at radius 1 is 1.05 bits per heavy atom. The van der Waals surface area contributed by atoms with Crippen LogP contribution in [0.5, 0.6) is 0 Å². The minimum Gasteiger partial charge on any atom is -0.481 e. The van der Waals surface area contributed by atoms with Gasteiger partial charge in [0.1, 0.15) is 6.04 Å². The number of nitrogens with one attached hydrogen (secondary N) is 1. The Labute approximate surface area is 122 Å². The Kier molecular flexibility index (Phi) is 6.94. The molecule has 1 rings (SSSR count). The first kappa shape index (κ1) is 16.7. The van der Waals surface area contributed by atoms with E-state index < -0.39 is 18.0 Å². The normalized spacial score (nSPS) is 11.6. The van der Waals surface area contributed by atoms with Gasteiger partial charge in [-0.25, -0.2) is 4.79 Å². The van der Waals surface area contributed by atoms with Crippen molar-refractivity contribution in [2.75, 3.05) is 0 Å². The Morgan fingerprint density at radius 2 is 1.71 bits per heavy atom. The fourth-order valence-electron chi connectivity index (χ4n) is 1.88. The van der Waals surface area contributed by atoms with Gasteiger partial charge >= 0.3 is 11.9 Å². The molecule has 1 aromatic rings. The van der Waals surface area contributed by atoms with Gasteiger partial charge < -0.3 is 15.5 Å². The van der Waals surface area contributed by atoms with Gasteiger partial charge in [-0.1, -0.05) is 30.3 Å². The molecule has 6 nitrogen and oxygen atoms in total. The van der Waals surface area contributed by atoms with Crippen molar-refractivity contribution in [1.29, 1.82) is 0 Å². The van der Waals surface area contributed by atoms with Crippen molar-refractivity contribution in [3.05, 3.63) is 35.9 Å². The van der Waals surface area contributed by atoms with Gasteiger partial charge in [0, 0.05) is 12.8 Å². The van der Waals surface area contributed by atoms with Gasteiger partial charge in [-0.3, -0.25) is 9.59 Å². The van der Waals surface area contributed by atoms with Crippen LogP contribution in [0.25, 0.3) is 0 Å². The third-order valence-electron chi connectivity index (χ3n) is 3.00. The van der Waals surface area contributed by atoms with Crippen LogP contribution in [0.1, 0.15) is 31.2 Å². The van der Waals surface area contributed by atoms with Crippen molar-refractivity contribution < 1.29 is 24.6 Å². The zero-order valence-electron chi connectivity index (χ0n) is 11.6. The molecular formula is C15H19NO5. The second-order valence-electron chi connectivity index (χ2n) is 4.73. The summed E-state index contributed by atoms with van der Waals surface area (Å²) < 4.78 is 0. The lowest BCUT2D eigenvalue weighted by atomic mass is 10.1. The summed E-state index contributed by atoms with van der Waals surface area (Å²) in [7, 11) is 0. The van der Waals surface area contributed by atoms with Crippen LogP contribution in [-0.4, -0.2) is 34.1 Å². The van der Waals surface area contributed by atoms with Gasteiger partial charge in [-0.05, 0) is 24.8 Å². The fraction of sp³-hybridized carbons (Fsp3) is 0.400. The molecule has 0 saturated heterocycles. The molecular weight excluding hydrogens is 274 g/mol. The number of amides is 1. The first-order valence-electron chi connectivity index (χ1n) is 6.77. The predicted molar refractivity (Wildman–Crippen MR) is 75.8 cm³/mol. The van der Waals surface area contributed by atoms with Crippen molar-refractivity contribution >= 4 is 17.8 Å². The van der Waals surface area contributed by atoms with Crippen molar-refractivity contribution in [3.8, 4) is 0 Å². The molecule has 0 aliphatic heterocycles. The minimum atomic E-state index is -1.14. The van der Waals surface area contributed by atoms with E-state index in [1.807, 2.05) is 30.3 Å². The van der Waals surface area contributed by atoms with Crippen LogP contribution in [0, 0.1) is 0 Å². The average molecular weight is 293 g/mol. The average Bonchev–Trinajstić information content (AvgIpc) is 2.44. The summed E-state index contributed by atoms with van der Waals surface area (Å²) in [6, 6.07) is 8.39. The van der Waals surface area contributed by atoms with Crippen molar-refractivity contribution in [3.63, 3.8) is 0 Å². The highest BCUT2D eigenvalue weighted by atomic mass is 16.4. The first-order valence-corrected chi connectivity index (χ1v) is 6.77. The quantitative estimate of drug-likeness (QED) is 0.639. The number of carboxylic acid groups (broad SMARTS) is 2. The Morgan fingerprint density at radius 3 is 2.29 bits per heavy atom. The molecule has 1 aromatic carbocycles. The van der Waals surface area contributed by atoms with E-state index in [4.69, 9.17) is 10.2 Å². The van der Waals surface area contributed by atoms with E-state index in [2.05, 4.69) is 5.32 Å². The molecule has 0 saturated carbocycles. The minimum absolute atomic E-state index is 0.107. The van der Waals surface area contributed by atoms with E-state index in [-0.39, 0.29) is 31.6 Å². The van der Waals surface area contributed by atoms with Gasteiger partial charge in [0.05, 0.1) is 0 Å². The maximum Gasteiger partial charge on any atom is 0.326 e. The van der Waals surface area contributed by atoms with Crippen molar-refractivity contribution in [2.45, 2.75) is 38.1 Å². The summed E-state index contributed by atoms with van der Waals surface area (Å²) in [5.41, 5.74) is 1.01. The molecule has 0 spiro atoms. The first-order chi connectivity index (χ1) is 9.99. The van der Waals surface area contributed by atoms with Gasteiger partial charge in [-0.2, -0.15) is 0 Å². The molecule has 0 heterocycles. The molecule has 1 amide bonds. The summed E-state index contributed by atoms with van der Waals surface area (Å²) >= 11 is 0. The lowest BCUT2D eigenvalue weighted by Crippen LogP contribution is -2.40. The molecule has 0 fully saturated rings. The monoisotopic (exact) mass is 293 g/mol. The number of aryl methyl sites for hydroxylation is 1. The summed E-state index contributed by atoms with van der Waals surface area (Å²) in [4.78, 5) is 33.2. The lowest BCUT2D eigenvalue weighted by molar-refractivity contribution is -0.142. The van der Waals surface area contributed by atoms with Crippen LogP contribution < -0.4 is 5.32 Å². The van der Waals surface area contributed by atoms with Crippen LogP contribution in [0.15, 0.2) is 30.3 Å². The van der Waals surface area contributed by atoms with Crippen LogP contribution in [-0.2, 0) is 20.8 Å². The number of carboxylic acids is 2. The van der Waals surface area contributed by atoms with E-state index in [1.165, 1.54) is 0 Å². The Hall–Kier alpha value is -2.37. The van der Waals surface area contributed by atoms with E-state index in [9.17, 15) is 14.4 Å². The topological polar surface area (TPSA) is 104 Å². The molecule has 1 unspecified atom stereocenters. The third-order valence-corrected chi connectivity index (χ3v) is 3.00. The van der Waals surface area contributed by atoms with E-state index in [0.717, 1.165) is 5.56 Å². The molecule has 21 heavy (non-hydrogen) atoms. The second kappa shape index (κ2) is 8.73. The Balaban J connectivity index is 2.38. The summed E-state index contributed by atoms with van der Waals surface area (Å²) in [6.45, 7) is 0. The highest BCUT2D eigenvalue weighted by molar-refractivity contribution is 5.83. The molecule has 6 heteroatoms. The molecule has 0 aliphatic rings. The van der Waals surface area contributed by atoms with Crippen LogP contribution in [0.2, 0.25) is 0 Å². The number of benzene rings is 1. The number of aliphatic carboxylic acids is 2. The van der Waals surface area contributed by atoms with Crippen LogP contribution >= 0.6 is 0 Å². The number of hydrogen-bond acceptors (Lipinski definition) is 3. The fourth-order valence-corrected chi connectivity index (χ4v) is 1.88. The van der Waals surface area contributed by atoms with E-state index in [0.29, 0.717) is 6.42 Å². The van der Waals surface area contributed by atoms with Gasteiger partial charge in [-0.15, -0.1) is 0 Å². The number of hydrogen-bond donors (Lipinski definition) is 3. The molecule has 1 atom stereocenters. The lowest BCUT2D eigenvalue weighted by Gasteiger charge is -2.14. The highest BCUT2D eigenvalue weighted by Gasteiger charge is 2.19. The molecule has 3 N–H and O–H groups in total. The van der Waals surface area contributed by atoms with Crippen LogP contribution in [0.3, 0.4) is 0 Å². The molecule has 0 bridgehead atoms. The van der Waals surface area contributed by atoms with Gasteiger partial charge in [0.2, 0.25) is 5.91 Å². The highest BCUT2D eigenvalue weighted by Crippen LogP contribution is 2.05. The SMILES string of the molecule is O=C(O)CCCC(NC(=O)CCc1ccccc1)C(=O)O. The van der Waals surface area contributed by atoms with Gasteiger partial charge in [0.15, 0.2) is 0 Å². The summed E-state index contributed by atoms with van der Waals surface area (Å²) in [6.07, 6.45) is 0.953. The standard InChI is InChI=1S/C15H19NO5/c17-13(10-9-11-5-2-1-3-6-11)16-12(15(20)21)7-4-8-14(18)19/h1-3,5-6,12H,4,7-10H2,(H,16,17)(H,18,19)(H,20,21). The molecule has 0 aromatic heterocycles. The van der Waals surface area contributed by atoms with Crippen molar-refractivity contribution in [1.82, 2.24) is 5.32 Å². The number of rotatable bonds is 9. The maximum absolute atomic E-state index is 11.7. The maximum atomic E-state index is 11.7. The zero-order chi connectivity index (χ0) is 15.7. The van der Waals surface area contributed by atoms with Gasteiger partial charge in [0.25, 0.3) is 0 Å². The number of carbonyl (C=O) groups is 3. The second-order valence-corrected chi connectivity index (χ2v) is 4.73. The molecule has 114 valence electrons. The van der Waals surface area contributed by atoms with E-state index >= 15 is 0 Å². The molecule has 0 aliphatic carbocycles.